The number of halogens is 2. The highest BCUT2D eigenvalue weighted by atomic mass is 79.9. The van der Waals surface area contributed by atoms with Crippen LogP contribution in [0.25, 0.3) is 0 Å². The van der Waals surface area contributed by atoms with Gasteiger partial charge >= 0.3 is 0 Å². The van der Waals surface area contributed by atoms with Crippen LogP contribution in [0, 0.1) is 6.92 Å². The summed E-state index contributed by atoms with van der Waals surface area (Å²) >= 11 is 11.1. The Morgan fingerprint density at radius 1 is 1.47 bits per heavy atom. The first-order chi connectivity index (χ1) is 7.99. The Bertz CT molecular complexity index is 553. The number of thiazole rings is 1. The number of benzene rings is 1. The van der Waals surface area contributed by atoms with Crippen LogP contribution in [0.5, 0.6) is 0 Å². The minimum atomic E-state index is 0.234. The Hall–Kier alpha value is -0.580. The van der Waals surface area contributed by atoms with Gasteiger partial charge in [-0.25, -0.2) is 4.98 Å². The number of aromatic nitrogens is 1. The second-order valence-corrected chi connectivity index (χ2v) is 6.24. The van der Waals surface area contributed by atoms with Gasteiger partial charge in [0.2, 0.25) is 0 Å². The molecule has 17 heavy (non-hydrogen) atoms. The molecule has 1 aromatic carbocycles. The van der Waals surface area contributed by atoms with Gasteiger partial charge in [0.05, 0.1) is 5.69 Å². The van der Waals surface area contributed by atoms with Crippen LogP contribution in [0.1, 0.15) is 29.0 Å². The van der Waals surface area contributed by atoms with E-state index in [2.05, 4.69) is 27.8 Å². The van der Waals surface area contributed by atoms with Crippen molar-refractivity contribution >= 4 is 44.0 Å². The Kier molecular flexibility index (Phi) is 3.76. The molecule has 2 aromatic rings. The maximum Gasteiger partial charge on any atom is 0.180 e. The molecule has 1 heterocycles. The van der Waals surface area contributed by atoms with Gasteiger partial charge in [-0.05, 0) is 30.7 Å². The first kappa shape index (κ1) is 12.9. The zero-order chi connectivity index (χ0) is 12.6. The highest BCUT2D eigenvalue weighted by Crippen LogP contribution is 2.36. The Morgan fingerprint density at radius 2 is 2.18 bits per heavy atom. The summed E-state index contributed by atoms with van der Waals surface area (Å²) < 4.78 is 1.06. The van der Waals surface area contributed by atoms with Crippen LogP contribution in [0.4, 0.5) is 5.13 Å². The van der Waals surface area contributed by atoms with Gasteiger partial charge in [-0.1, -0.05) is 34.5 Å². The molecule has 5 heteroatoms. The van der Waals surface area contributed by atoms with Crippen molar-refractivity contribution in [3.05, 3.63) is 43.8 Å². The van der Waals surface area contributed by atoms with Crippen LogP contribution in [-0.2, 0) is 0 Å². The highest BCUT2D eigenvalue weighted by Gasteiger charge is 2.17. The van der Waals surface area contributed by atoms with Crippen LogP contribution in [0.15, 0.2) is 22.7 Å². The predicted octanol–water partition coefficient (Wildman–Crippen LogP) is 4.60. The lowest BCUT2D eigenvalue weighted by atomic mass is 9.99. The molecule has 2 rings (SSSR count). The van der Waals surface area contributed by atoms with Crippen LogP contribution < -0.4 is 5.73 Å². The van der Waals surface area contributed by atoms with Crippen molar-refractivity contribution in [2.75, 3.05) is 5.73 Å². The Balaban J connectivity index is 2.46. The third-order valence-electron chi connectivity index (χ3n) is 2.67. The standard InChI is InChI=1S/C12H12BrClN2S/c1-6(11-7(2)16-12(15)17-11)9-5-8(14)3-4-10(9)13/h3-6H,1-2H3,(H2,15,16). The third kappa shape index (κ3) is 2.64. The largest absolute Gasteiger partial charge is 0.375 e. The van der Waals surface area contributed by atoms with E-state index in [0.717, 1.165) is 20.8 Å². The van der Waals surface area contributed by atoms with Gasteiger partial charge in [0.15, 0.2) is 5.13 Å². The Labute approximate surface area is 118 Å². The number of hydrogen-bond acceptors (Lipinski definition) is 3. The van der Waals surface area contributed by atoms with E-state index < -0.39 is 0 Å². The first-order valence-corrected chi connectivity index (χ1v) is 7.15. The fourth-order valence-corrected chi connectivity index (χ4v) is 3.49. The molecule has 1 atom stereocenters. The monoisotopic (exact) mass is 330 g/mol. The maximum atomic E-state index is 6.04. The predicted molar refractivity (Wildman–Crippen MR) is 77.9 cm³/mol. The summed E-state index contributed by atoms with van der Waals surface area (Å²) in [7, 11) is 0. The summed E-state index contributed by atoms with van der Waals surface area (Å²) in [4.78, 5) is 5.44. The van der Waals surface area contributed by atoms with E-state index in [-0.39, 0.29) is 5.92 Å². The van der Waals surface area contributed by atoms with Gasteiger partial charge < -0.3 is 5.73 Å². The van der Waals surface area contributed by atoms with E-state index in [1.165, 1.54) is 16.2 Å². The molecular formula is C12H12BrClN2S. The lowest BCUT2D eigenvalue weighted by molar-refractivity contribution is 0.921. The summed E-state index contributed by atoms with van der Waals surface area (Å²) in [6.07, 6.45) is 0. The fourth-order valence-electron chi connectivity index (χ4n) is 1.82. The molecule has 1 aromatic heterocycles. The molecular weight excluding hydrogens is 320 g/mol. The van der Waals surface area contributed by atoms with Crippen molar-refractivity contribution in [3.8, 4) is 0 Å². The summed E-state index contributed by atoms with van der Waals surface area (Å²) in [5.41, 5.74) is 7.88. The van der Waals surface area contributed by atoms with Gasteiger partial charge in [-0.15, -0.1) is 11.3 Å². The van der Waals surface area contributed by atoms with Crippen molar-refractivity contribution in [2.24, 2.45) is 0 Å². The molecule has 0 radical (unpaired) electrons. The van der Waals surface area contributed by atoms with Gasteiger partial charge in [0.25, 0.3) is 0 Å². The third-order valence-corrected chi connectivity index (χ3v) is 4.79. The lowest BCUT2D eigenvalue weighted by Gasteiger charge is -2.13. The van der Waals surface area contributed by atoms with Gasteiger partial charge in [-0.2, -0.15) is 0 Å². The van der Waals surface area contributed by atoms with Crippen LogP contribution in [0.2, 0.25) is 5.02 Å². The molecule has 0 spiro atoms. The first-order valence-electron chi connectivity index (χ1n) is 5.16. The molecule has 2 nitrogen and oxygen atoms in total. The zero-order valence-electron chi connectivity index (χ0n) is 9.50. The molecule has 90 valence electrons. The molecule has 0 amide bonds. The van der Waals surface area contributed by atoms with Crippen molar-refractivity contribution in [1.82, 2.24) is 4.98 Å². The number of nitrogen functional groups attached to an aromatic ring is 1. The number of hydrogen-bond donors (Lipinski definition) is 1. The molecule has 1 unspecified atom stereocenters. The minimum Gasteiger partial charge on any atom is -0.375 e. The van der Waals surface area contributed by atoms with E-state index in [4.69, 9.17) is 17.3 Å². The van der Waals surface area contributed by atoms with E-state index in [9.17, 15) is 0 Å². The van der Waals surface area contributed by atoms with Crippen molar-refractivity contribution in [3.63, 3.8) is 0 Å². The van der Waals surface area contributed by atoms with Gasteiger partial charge in [0.1, 0.15) is 0 Å². The quantitative estimate of drug-likeness (QED) is 0.873. The fraction of sp³-hybridized carbons (Fsp3) is 0.250. The highest BCUT2D eigenvalue weighted by molar-refractivity contribution is 9.10. The number of rotatable bonds is 2. The lowest BCUT2D eigenvalue weighted by Crippen LogP contribution is -1.97. The topological polar surface area (TPSA) is 38.9 Å². The SMILES string of the molecule is Cc1nc(N)sc1C(C)c1cc(Cl)ccc1Br. The smallest absolute Gasteiger partial charge is 0.180 e. The average Bonchev–Trinajstić information content (AvgIpc) is 2.60. The van der Waals surface area contributed by atoms with Gasteiger partial charge in [0, 0.05) is 20.3 Å². The minimum absolute atomic E-state index is 0.234. The Morgan fingerprint density at radius 3 is 2.76 bits per heavy atom. The molecule has 0 bridgehead atoms. The van der Waals surface area contributed by atoms with Crippen LogP contribution in [-0.4, -0.2) is 4.98 Å². The van der Waals surface area contributed by atoms with E-state index in [1.807, 2.05) is 25.1 Å². The second kappa shape index (κ2) is 4.96. The summed E-state index contributed by atoms with van der Waals surface area (Å²) in [6, 6.07) is 5.81. The molecule has 0 fully saturated rings. The molecule has 0 aliphatic rings. The zero-order valence-corrected chi connectivity index (χ0v) is 12.7. The second-order valence-electron chi connectivity index (χ2n) is 3.89. The van der Waals surface area contributed by atoms with Gasteiger partial charge in [-0.3, -0.25) is 0 Å². The number of nitrogens with zero attached hydrogens (tertiary/aromatic N) is 1. The van der Waals surface area contributed by atoms with Crippen molar-refractivity contribution in [2.45, 2.75) is 19.8 Å². The van der Waals surface area contributed by atoms with Crippen LogP contribution >= 0.6 is 38.9 Å². The molecule has 0 aliphatic heterocycles. The molecule has 0 saturated heterocycles. The summed E-state index contributed by atoms with van der Waals surface area (Å²) in [6.45, 7) is 4.12. The van der Waals surface area contributed by atoms with E-state index in [1.54, 1.807) is 0 Å². The van der Waals surface area contributed by atoms with E-state index in [0.29, 0.717) is 5.13 Å². The summed E-state index contributed by atoms with van der Waals surface area (Å²) in [5.74, 6) is 0.234. The molecule has 0 saturated carbocycles. The maximum absolute atomic E-state index is 6.04. The van der Waals surface area contributed by atoms with Crippen LogP contribution in [0.3, 0.4) is 0 Å². The number of aryl methyl sites for hydroxylation is 1. The number of nitrogens with two attached hydrogens (primary N) is 1. The average molecular weight is 332 g/mol. The van der Waals surface area contributed by atoms with Crippen molar-refractivity contribution < 1.29 is 0 Å². The van der Waals surface area contributed by atoms with Crippen molar-refractivity contribution in [1.29, 1.82) is 0 Å². The summed E-state index contributed by atoms with van der Waals surface area (Å²) in [5, 5.41) is 1.35. The van der Waals surface area contributed by atoms with E-state index >= 15 is 0 Å². The molecule has 0 aliphatic carbocycles. The molecule has 2 N–H and O–H groups in total. The number of anilines is 1. The normalized spacial score (nSPS) is 12.7.